The quantitative estimate of drug-likeness (QED) is 0.756. The van der Waals surface area contributed by atoms with E-state index in [1.54, 1.807) is 0 Å². The Morgan fingerprint density at radius 3 is 2.37 bits per heavy atom. The third-order valence-electron chi connectivity index (χ3n) is 4.16. The van der Waals surface area contributed by atoms with Crippen molar-refractivity contribution in [3.8, 4) is 11.5 Å². The highest BCUT2D eigenvalue weighted by molar-refractivity contribution is 5.90. The zero-order valence-corrected chi connectivity index (χ0v) is 15.0. The molecule has 1 atom stereocenters. The number of halogens is 1. The molecule has 0 bridgehead atoms. The third kappa shape index (κ3) is 4.55. The highest BCUT2D eigenvalue weighted by Gasteiger charge is 2.30. The number of hydrogen-bond donors (Lipinski definition) is 1. The van der Waals surface area contributed by atoms with Crippen LogP contribution >= 0.6 is 0 Å². The smallest absolute Gasteiger partial charge is 0.337 e. The number of ether oxygens (including phenoxy) is 3. The summed E-state index contributed by atoms with van der Waals surface area (Å²) in [6, 6.07) is 10.2. The monoisotopic (exact) mass is 373 g/mol. The molecule has 6 nitrogen and oxygen atoms in total. The maximum atomic E-state index is 13.3. The van der Waals surface area contributed by atoms with Gasteiger partial charge in [0.1, 0.15) is 5.82 Å². The van der Waals surface area contributed by atoms with E-state index in [0.29, 0.717) is 11.1 Å². The van der Waals surface area contributed by atoms with Crippen molar-refractivity contribution in [3.05, 3.63) is 59.4 Å². The molecule has 1 aliphatic rings. The summed E-state index contributed by atoms with van der Waals surface area (Å²) in [5.41, 5.74) is 0.802. The van der Waals surface area contributed by atoms with Crippen molar-refractivity contribution in [3.63, 3.8) is 0 Å². The Kier molecular flexibility index (Phi) is 5.59. The first-order valence-corrected chi connectivity index (χ1v) is 8.50. The normalized spacial score (nSPS) is 14.2. The van der Waals surface area contributed by atoms with Gasteiger partial charge in [-0.3, -0.25) is 4.79 Å². The predicted octanol–water partition coefficient (Wildman–Crippen LogP) is 3.02. The Bertz CT molecular complexity index is 833. The Morgan fingerprint density at radius 1 is 1.07 bits per heavy atom. The number of carbonyl (C=O) groups excluding carboxylic acids is 2. The van der Waals surface area contributed by atoms with Crippen LogP contribution in [0.15, 0.2) is 42.5 Å². The summed E-state index contributed by atoms with van der Waals surface area (Å²) < 4.78 is 29.2. The second-order valence-electron chi connectivity index (χ2n) is 6.19. The van der Waals surface area contributed by atoms with Gasteiger partial charge in [0, 0.05) is 11.6 Å². The number of benzene rings is 2. The summed E-state index contributed by atoms with van der Waals surface area (Å²) in [4.78, 5) is 24.3. The summed E-state index contributed by atoms with van der Waals surface area (Å²) in [6.07, 6.45) is 0.877. The van der Waals surface area contributed by atoms with Gasteiger partial charge in [0.25, 0.3) is 5.91 Å². The molecule has 0 saturated heterocycles. The fourth-order valence-corrected chi connectivity index (χ4v) is 2.55. The van der Waals surface area contributed by atoms with Gasteiger partial charge in [0.15, 0.2) is 11.5 Å². The topological polar surface area (TPSA) is 73.9 Å². The molecule has 2 aromatic rings. The van der Waals surface area contributed by atoms with E-state index in [4.69, 9.17) is 14.2 Å². The van der Waals surface area contributed by atoms with Crippen molar-refractivity contribution in [2.75, 3.05) is 14.2 Å². The summed E-state index contributed by atoms with van der Waals surface area (Å²) in [5.74, 6) is -0.667. The molecular formula is C20H20FNO5. The number of carbonyl (C=O) groups is 2. The first-order valence-electron chi connectivity index (χ1n) is 8.50. The predicted molar refractivity (Wildman–Crippen MR) is 95.3 cm³/mol. The van der Waals surface area contributed by atoms with Gasteiger partial charge < -0.3 is 19.5 Å². The molecule has 1 fully saturated rings. The highest BCUT2D eigenvalue weighted by atomic mass is 19.1. The van der Waals surface area contributed by atoms with Crippen LogP contribution < -0.4 is 14.8 Å². The second-order valence-corrected chi connectivity index (χ2v) is 6.19. The zero-order chi connectivity index (χ0) is 19.4. The van der Waals surface area contributed by atoms with E-state index < -0.39 is 17.9 Å². The molecule has 0 spiro atoms. The van der Waals surface area contributed by atoms with Crippen molar-refractivity contribution in [1.29, 1.82) is 0 Å². The van der Waals surface area contributed by atoms with Gasteiger partial charge in [-0.05, 0) is 43.2 Å². The summed E-state index contributed by atoms with van der Waals surface area (Å²) in [5, 5.41) is 2.89. The first kappa shape index (κ1) is 18.7. The fourth-order valence-electron chi connectivity index (χ4n) is 2.55. The van der Waals surface area contributed by atoms with Crippen LogP contribution in [0, 0.1) is 5.82 Å². The van der Waals surface area contributed by atoms with Crippen molar-refractivity contribution in [2.45, 2.75) is 25.0 Å². The SMILES string of the molecule is COC(=O)c1ccc(OC(C(=O)NC2CC2)c2ccc(F)cc2)c(OC)c1. The molecule has 3 rings (SSSR count). The minimum absolute atomic E-state index is 0.146. The van der Waals surface area contributed by atoms with E-state index in [1.165, 1.54) is 56.7 Å². The summed E-state index contributed by atoms with van der Waals surface area (Å²) >= 11 is 0. The lowest BCUT2D eigenvalue weighted by Gasteiger charge is -2.21. The van der Waals surface area contributed by atoms with E-state index in [0.717, 1.165) is 12.8 Å². The molecule has 0 aliphatic heterocycles. The maximum absolute atomic E-state index is 13.3. The molecule has 1 unspecified atom stereocenters. The van der Waals surface area contributed by atoms with Gasteiger partial charge in [0.05, 0.1) is 19.8 Å². The number of esters is 1. The van der Waals surface area contributed by atoms with Crippen LogP contribution in [0.3, 0.4) is 0 Å². The van der Waals surface area contributed by atoms with E-state index >= 15 is 0 Å². The van der Waals surface area contributed by atoms with Gasteiger partial charge in [-0.2, -0.15) is 0 Å². The molecule has 142 valence electrons. The Labute approximate surface area is 156 Å². The molecule has 1 N–H and O–H groups in total. The molecule has 1 aliphatic carbocycles. The fraction of sp³-hybridized carbons (Fsp3) is 0.300. The highest BCUT2D eigenvalue weighted by Crippen LogP contribution is 2.33. The number of rotatable bonds is 7. The maximum Gasteiger partial charge on any atom is 0.337 e. The van der Waals surface area contributed by atoms with Crippen LogP contribution in [-0.4, -0.2) is 32.1 Å². The van der Waals surface area contributed by atoms with Gasteiger partial charge in [-0.25, -0.2) is 9.18 Å². The largest absolute Gasteiger partial charge is 0.493 e. The number of amides is 1. The van der Waals surface area contributed by atoms with Crippen LogP contribution in [0.2, 0.25) is 0 Å². The molecule has 0 aromatic heterocycles. The van der Waals surface area contributed by atoms with Crippen molar-refractivity contribution < 1.29 is 28.2 Å². The summed E-state index contributed by atoms with van der Waals surface area (Å²) in [7, 11) is 2.71. The van der Waals surface area contributed by atoms with Crippen LogP contribution in [-0.2, 0) is 9.53 Å². The van der Waals surface area contributed by atoms with Crippen molar-refractivity contribution in [1.82, 2.24) is 5.32 Å². The molecule has 2 aromatic carbocycles. The van der Waals surface area contributed by atoms with Crippen LogP contribution in [0.25, 0.3) is 0 Å². The minimum atomic E-state index is -0.982. The molecule has 0 radical (unpaired) electrons. The molecule has 1 amide bonds. The van der Waals surface area contributed by atoms with Gasteiger partial charge in [-0.15, -0.1) is 0 Å². The lowest BCUT2D eigenvalue weighted by molar-refractivity contribution is -0.128. The average molecular weight is 373 g/mol. The van der Waals surface area contributed by atoms with E-state index in [2.05, 4.69) is 5.32 Å². The molecule has 1 saturated carbocycles. The van der Waals surface area contributed by atoms with E-state index in [-0.39, 0.29) is 23.4 Å². The molecule has 0 heterocycles. The standard InChI is InChI=1S/C20H20FNO5/c1-25-17-11-13(20(24)26-2)5-10-16(17)27-18(19(23)22-15-8-9-15)12-3-6-14(21)7-4-12/h3-7,10-11,15,18H,8-9H2,1-2H3,(H,22,23). The Balaban J connectivity index is 1.89. The average Bonchev–Trinajstić information content (AvgIpc) is 3.50. The first-order chi connectivity index (χ1) is 13.0. The molecule has 7 heteroatoms. The van der Waals surface area contributed by atoms with Crippen LogP contribution in [0.5, 0.6) is 11.5 Å². The Hall–Kier alpha value is -3.09. The van der Waals surface area contributed by atoms with E-state index in [9.17, 15) is 14.0 Å². The zero-order valence-electron chi connectivity index (χ0n) is 15.0. The second kappa shape index (κ2) is 8.07. The lowest BCUT2D eigenvalue weighted by atomic mass is 10.1. The van der Waals surface area contributed by atoms with Gasteiger partial charge in [0.2, 0.25) is 6.10 Å². The number of methoxy groups -OCH3 is 2. The minimum Gasteiger partial charge on any atom is -0.493 e. The third-order valence-corrected chi connectivity index (χ3v) is 4.16. The Morgan fingerprint density at radius 2 is 1.78 bits per heavy atom. The molecular weight excluding hydrogens is 353 g/mol. The lowest BCUT2D eigenvalue weighted by Crippen LogP contribution is -2.34. The number of nitrogens with one attached hydrogen (secondary N) is 1. The summed E-state index contributed by atoms with van der Waals surface area (Å²) in [6.45, 7) is 0. The number of hydrogen-bond acceptors (Lipinski definition) is 5. The van der Waals surface area contributed by atoms with Gasteiger partial charge >= 0.3 is 5.97 Å². The van der Waals surface area contributed by atoms with E-state index in [1.807, 2.05) is 0 Å². The van der Waals surface area contributed by atoms with Crippen LogP contribution in [0.1, 0.15) is 34.9 Å². The van der Waals surface area contributed by atoms with Gasteiger partial charge in [-0.1, -0.05) is 12.1 Å². The molecule has 27 heavy (non-hydrogen) atoms. The van der Waals surface area contributed by atoms with Crippen LogP contribution in [0.4, 0.5) is 4.39 Å². The van der Waals surface area contributed by atoms with Crippen molar-refractivity contribution in [2.24, 2.45) is 0 Å². The van der Waals surface area contributed by atoms with Crippen molar-refractivity contribution >= 4 is 11.9 Å².